The van der Waals surface area contributed by atoms with E-state index in [0.717, 1.165) is 17.3 Å². The molecule has 2 aromatic rings. The van der Waals surface area contributed by atoms with Gasteiger partial charge in [0.15, 0.2) is 5.96 Å². The lowest BCUT2D eigenvalue weighted by Gasteiger charge is -2.06. The molecule has 4 nitrogen and oxygen atoms in total. The van der Waals surface area contributed by atoms with Gasteiger partial charge in [-0.15, -0.1) is 24.0 Å². The predicted molar refractivity (Wildman–Crippen MR) is 85.6 cm³/mol. The van der Waals surface area contributed by atoms with E-state index in [1.165, 1.54) is 10.9 Å². The van der Waals surface area contributed by atoms with Gasteiger partial charge in [-0.25, -0.2) is 0 Å². The van der Waals surface area contributed by atoms with Crippen molar-refractivity contribution in [3.05, 3.63) is 35.6 Å². The maximum atomic E-state index is 5.79. The molecule has 0 saturated carbocycles. The Labute approximate surface area is 124 Å². The number of hydrogen-bond donors (Lipinski definition) is 2. The van der Waals surface area contributed by atoms with Crippen LogP contribution in [0.15, 0.2) is 33.7 Å². The zero-order chi connectivity index (χ0) is 12.3. The average Bonchev–Trinajstić information content (AvgIpc) is 2.68. The average molecular weight is 359 g/mol. The highest BCUT2D eigenvalue weighted by Crippen LogP contribution is 2.24. The van der Waals surface area contributed by atoms with Crippen molar-refractivity contribution in [1.82, 2.24) is 10.6 Å². The fourth-order valence-corrected chi connectivity index (χ4v) is 1.84. The number of para-hydroxylation sites is 1. The van der Waals surface area contributed by atoms with Crippen molar-refractivity contribution >= 4 is 40.9 Å². The van der Waals surface area contributed by atoms with E-state index in [-0.39, 0.29) is 24.0 Å². The van der Waals surface area contributed by atoms with Crippen LogP contribution < -0.4 is 10.6 Å². The van der Waals surface area contributed by atoms with Crippen molar-refractivity contribution in [1.29, 1.82) is 0 Å². The molecule has 2 N–H and O–H groups in total. The minimum atomic E-state index is 0. The maximum Gasteiger partial charge on any atom is 0.191 e. The van der Waals surface area contributed by atoms with E-state index >= 15 is 0 Å². The molecule has 0 fully saturated rings. The summed E-state index contributed by atoms with van der Waals surface area (Å²) < 4.78 is 5.79. The molecule has 0 spiro atoms. The Morgan fingerprint density at radius 2 is 2.06 bits per heavy atom. The summed E-state index contributed by atoms with van der Waals surface area (Å²) in [5.41, 5.74) is 2.11. The molecule has 0 aliphatic carbocycles. The number of hydrogen-bond acceptors (Lipinski definition) is 2. The quantitative estimate of drug-likeness (QED) is 0.493. The number of fused-ring (bicyclic) bond motifs is 1. The summed E-state index contributed by atoms with van der Waals surface area (Å²) in [6.45, 7) is 2.71. The Kier molecular flexibility index (Phi) is 5.46. The number of furan rings is 1. The summed E-state index contributed by atoms with van der Waals surface area (Å²) in [6.07, 6.45) is 0. The second-order valence-electron chi connectivity index (χ2n) is 3.82. The van der Waals surface area contributed by atoms with E-state index in [1.54, 1.807) is 7.05 Å². The van der Waals surface area contributed by atoms with Crippen molar-refractivity contribution in [3.8, 4) is 0 Å². The Balaban J connectivity index is 0.00000162. The minimum absolute atomic E-state index is 0. The monoisotopic (exact) mass is 359 g/mol. The van der Waals surface area contributed by atoms with Gasteiger partial charge in [-0.05, 0) is 13.0 Å². The second kappa shape index (κ2) is 6.63. The molecule has 0 bridgehead atoms. The molecule has 0 saturated heterocycles. The number of aryl methyl sites for hydroxylation is 1. The highest BCUT2D eigenvalue weighted by molar-refractivity contribution is 14.0. The standard InChI is InChI=1S/C13H17N3O.HI/c1-9-10-6-4-5-7-11(10)17-12(9)8-16-13(14-2)15-3;/h4-7H,8H2,1-3H3,(H2,14,15,16);1H. The van der Waals surface area contributed by atoms with Crippen LogP contribution in [0, 0.1) is 6.92 Å². The van der Waals surface area contributed by atoms with E-state index < -0.39 is 0 Å². The third-order valence-electron chi connectivity index (χ3n) is 2.82. The van der Waals surface area contributed by atoms with Crippen LogP contribution in [-0.4, -0.2) is 20.1 Å². The summed E-state index contributed by atoms with van der Waals surface area (Å²) in [6, 6.07) is 8.06. The van der Waals surface area contributed by atoms with Gasteiger partial charge in [0.1, 0.15) is 11.3 Å². The fraction of sp³-hybridized carbons (Fsp3) is 0.308. The minimum Gasteiger partial charge on any atom is -0.459 e. The molecule has 1 aromatic carbocycles. The maximum absolute atomic E-state index is 5.79. The molecule has 0 amide bonds. The second-order valence-corrected chi connectivity index (χ2v) is 3.82. The number of guanidine groups is 1. The lowest BCUT2D eigenvalue weighted by atomic mass is 10.1. The summed E-state index contributed by atoms with van der Waals surface area (Å²) in [5.74, 6) is 1.70. The van der Waals surface area contributed by atoms with Crippen molar-refractivity contribution < 1.29 is 4.42 Å². The van der Waals surface area contributed by atoms with Crippen LogP contribution in [0.25, 0.3) is 11.0 Å². The van der Waals surface area contributed by atoms with Crippen LogP contribution in [-0.2, 0) is 6.54 Å². The normalized spacial score (nSPS) is 11.2. The SMILES string of the molecule is CN=C(NC)NCc1oc2ccccc2c1C.I. The number of aliphatic imine (C=N–C) groups is 1. The molecule has 0 unspecified atom stereocenters. The van der Waals surface area contributed by atoms with Crippen LogP contribution in [0.1, 0.15) is 11.3 Å². The molecule has 0 atom stereocenters. The lowest BCUT2D eigenvalue weighted by Crippen LogP contribution is -2.34. The van der Waals surface area contributed by atoms with Gasteiger partial charge < -0.3 is 15.1 Å². The van der Waals surface area contributed by atoms with Crippen LogP contribution in [0.5, 0.6) is 0 Å². The topological polar surface area (TPSA) is 49.6 Å². The van der Waals surface area contributed by atoms with Gasteiger partial charge in [0.25, 0.3) is 0 Å². The largest absolute Gasteiger partial charge is 0.459 e. The molecule has 0 aliphatic heterocycles. The molecular weight excluding hydrogens is 341 g/mol. The first-order chi connectivity index (χ1) is 8.26. The molecule has 2 rings (SSSR count). The smallest absolute Gasteiger partial charge is 0.191 e. The zero-order valence-corrected chi connectivity index (χ0v) is 13.1. The van der Waals surface area contributed by atoms with Gasteiger partial charge in [-0.2, -0.15) is 0 Å². The van der Waals surface area contributed by atoms with Crippen LogP contribution in [0.3, 0.4) is 0 Å². The van der Waals surface area contributed by atoms with E-state index in [0.29, 0.717) is 6.54 Å². The molecule has 1 heterocycles. The number of nitrogens with zero attached hydrogens (tertiary/aromatic N) is 1. The van der Waals surface area contributed by atoms with Crippen molar-refractivity contribution in [2.24, 2.45) is 4.99 Å². The highest BCUT2D eigenvalue weighted by Gasteiger charge is 2.09. The first kappa shape index (κ1) is 14.8. The van der Waals surface area contributed by atoms with Crippen LogP contribution in [0.2, 0.25) is 0 Å². The van der Waals surface area contributed by atoms with Gasteiger partial charge in [0.2, 0.25) is 0 Å². The predicted octanol–water partition coefficient (Wildman–Crippen LogP) is 2.65. The fourth-order valence-electron chi connectivity index (χ4n) is 1.84. The summed E-state index contributed by atoms with van der Waals surface area (Å²) >= 11 is 0. The number of rotatable bonds is 2. The van der Waals surface area contributed by atoms with Gasteiger partial charge in [-0.3, -0.25) is 4.99 Å². The van der Waals surface area contributed by atoms with Gasteiger partial charge in [-0.1, -0.05) is 18.2 Å². The van der Waals surface area contributed by atoms with Crippen LogP contribution >= 0.6 is 24.0 Å². The first-order valence-electron chi connectivity index (χ1n) is 5.61. The molecule has 5 heteroatoms. The number of nitrogens with one attached hydrogen (secondary N) is 2. The van der Waals surface area contributed by atoms with E-state index in [4.69, 9.17) is 4.42 Å². The lowest BCUT2D eigenvalue weighted by molar-refractivity contribution is 0.535. The molecule has 18 heavy (non-hydrogen) atoms. The van der Waals surface area contributed by atoms with Crippen molar-refractivity contribution in [2.45, 2.75) is 13.5 Å². The summed E-state index contributed by atoms with van der Waals surface area (Å²) in [7, 11) is 3.57. The molecule has 0 aliphatic rings. The molecular formula is C13H18IN3O. The van der Waals surface area contributed by atoms with Gasteiger partial charge in [0.05, 0.1) is 6.54 Å². The Morgan fingerprint density at radius 3 is 2.67 bits per heavy atom. The number of benzene rings is 1. The van der Waals surface area contributed by atoms with Crippen LogP contribution in [0.4, 0.5) is 0 Å². The molecule has 98 valence electrons. The van der Waals surface area contributed by atoms with E-state index in [9.17, 15) is 0 Å². The van der Waals surface area contributed by atoms with Gasteiger partial charge >= 0.3 is 0 Å². The van der Waals surface area contributed by atoms with Crippen molar-refractivity contribution in [2.75, 3.05) is 14.1 Å². The van der Waals surface area contributed by atoms with E-state index in [2.05, 4.69) is 28.6 Å². The highest BCUT2D eigenvalue weighted by atomic mass is 127. The summed E-state index contributed by atoms with van der Waals surface area (Å²) in [5, 5.41) is 7.32. The molecule has 1 aromatic heterocycles. The van der Waals surface area contributed by atoms with Crippen molar-refractivity contribution in [3.63, 3.8) is 0 Å². The Hall–Kier alpha value is -1.24. The van der Waals surface area contributed by atoms with E-state index in [1.807, 2.05) is 25.2 Å². The Morgan fingerprint density at radius 1 is 1.33 bits per heavy atom. The number of halogens is 1. The zero-order valence-electron chi connectivity index (χ0n) is 10.8. The molecule has 0 radical (unpaired) electrons. The third kappa shape index (κ3) is 2.95. The summed E-state index contributed by atoms with van der Waals surface area (Å²) in [4.78, 5) is 4.06. The first-order valence-corrected chi connectivity index (χ1v) is 5.61. The van der Waals surface area contributed by atoms with Gasteiger partial charge in [0, 0.05) is 25.0 Å². The third-order valence-corrected chi connectivity index (χ3v) is 2.82. The Bertz CT molecular complexity index is 548.